The molecule has 0 bridgehead atoms. The molecule has 4 rings (SSSR count). The Morgan fingerprint density at radius 1 is 1.23 bits per heavy atom. The number of benzene rings is 1. The van der Waals surface area contributed by atoms with Crippen LogP contribution in [0, 0.1) is 5.92 Å². The molecule has 0 saturated carbocycles. The van der Waals surface area contributed by atoms with E-state index in [1.807, 2.05) is 18.2 Å². The highest BCUT2D eigenvalue weighted by molar-refractivity contribution is 5.77. The normalized spacial score (nSPS) is 16.6. The average Bonchev–Trinajstić information content (AvgIpc) is 3.14. The zero-order chi connectivity index (χ0) is 21.1. The Morgan fingerprint density at radius 2 is 1.97 bits per heavy atom. The molecule has 2 aromatic heterocycles. The van der Waals surface area contributed by atoms with Crippen LogP contribution in [0.2, 0.25) is 0 Å². The largest absolute Gasteiger partial charge is 0.353 e. The molecule has 3 heterocycles. The van der Waals surface area contributed by atoms with Gasteiger partial charge < -0.3 is 5.32 Å². The number of aryl methyl sites for hydroxylation is 1. The fraction of sp³-hybridized carbons (Fsp3) is 0.455. The molecule has 1 aliphatic heterocycles. The molecule has 0 aliphatic carbocycles. The average molecular weight is 409 g/mol. The smallest absolute Gasteiger partial charge is 0.264 e. The van der Waals surface area contributed by atoms with E-state index in [0.717, 1.165) is 19.0 Å². The molecule has 1 amide bonds. The molecule has 8 heteroatoms. The molecule has 1 aliphatic rings. The van der Waals surface area contributed by atoms with E-state index in [0.29, 0.717) is 17.6 Å². The summed E-state index contributed by atoms with van der Waals surface area (Å²) in [4.78, 5) is 31.9. The lowest BCUT2D eigenvalue weighted by Gasteiger charge is -2.37. The lowest BCUT2D eigenvalue weighted by molar-refractivity contribution is -0.122. The Balaban J connectivity index is 1.45. The molecule has 1 aromatic carbocycles. The molecule has 0 radical (unpaired) electrons. The van der Waals surface area contributed by atoms with Gasteiger partial charge in [-0.2, -0.15) is 5.10 Å². The Bertz CT molecular complexity index is 1070. The molecular formula is C22H28N6O2. The second kappa shape index (κ2) is 8.79. The first-order chi connectivity index (χ1) is 14.5. The van der Waals surface area contributed by atoms with Crippen molar-refractivity contribution in [1.82, 2.24) is 29.5 Å². The summed E-state index contributed by atoms with van der Waals surface area (Å²) in [5.41, 5.74) is 1.45. The number of hydrogen-bond acceptors (Lipinski definition) is 5. The highest BCUT2D eigenvalue weighted by Crippen LogP contribution is 2.26. The molecule has 0 spiro atoms. The predicted molar refractivity (Wildman–Crippen MR) is 115 cm³/mol. The summed E-state index contributed by atoms with van der Waals surface area (Å²) in [6, 6.07) is 10.4. The molecular weight excluding hydrogens is 380 g/mol. The zero-order valence-electron chi connectivity index (χ0n) is 17.5. The number of hydrogen-bond donors (Lipinski definition) is 1. The van der Waals surface area contributed by atoms with Crippen molar-refractivity contribution in [3.63, 3.8) is 0 Å². The van der Waals surface area contributed by atoms with Crippen LogP contribution in [0.5, 0.6) is 0 Å². The van der Waals surface area contributed by atoms with Crippen molar-refractivity contribution in [3.05, 3.63) is 58.8 Å². The van der Waals surface area contributed by atoms with Crippen molar-refractivity contribution in [1.29, 1.82) is 0 Å². The van der Waals surface area contributed by atoms with E-state index in [4.69, 9.17) is 0 Å². The standard InChI is InChI=1S/C22H28N6O2/c1-16-8-10-27(11-9-16)19(17-6-4-3-5-7-17)13-23-20(29)14-28-15-24-21-18(22(28)30)12-25-26(21)2/h3-7,12,15-16,19H,8-11,13-14H2,1-2H3,(H,23,29)/t19-/m1/s1. The molecule has 0 unspecified atom stereocenters. The van der Waals surface area contributed by atoms with Gasteiger partial charge in [0.15, 0.2) is 5.65 Å². The summed E-state index contributed by atoms with van der Waals surface area (Å²) in [5.74, 6) is 0.544. The lowest BCUT2D eigenvalue weighted by Crippen LogP contribution is -2.43. The van der Waals surface area contributed by atoms with Crippen molar-refractivity contribution in [3.8, 4) is 0 Å². The number of aromatic nitrogens is 4. The van der Waals surface area contributed by atoms with Gasteiger partial charge >= 0.3 is 0 Å². The van der Waals surface area contributed by atoms with Gasteiger partial charge in [-0.05, 0) is 37.4 Å². The maximum Gasteiger partial charge on any atom is 0.264 e. The maximum atomic E-state index is 12.6. The summed E-state index contributed by atoms with van der Waals surface area (Å²) in [7, 11) is 1.73. The Labute approximate surface area is 175 Å². The van der Waals surface area contributed by atoms with Gasteiger partial charge in [-0.3, -0.25) is 23.7 Å². The summed E-state index contributed by atoms with van der Waals surface area (Å²) in [5, 5.41) is 7.51. The fourth-order valence-corrected chi connectivity index (χ4v) is 4.07. The van der Waals surface area contributed by atoms with Crippen LogP contribution in [0.4, 0.5) is 0 Å². The minimum Gasteiger partial charge on any atom is -0.353 e. The number of amides is 1. The summed E-state index contributed by atoms with van der Waals surface area (Å²) in [6.07, 6.45) is 5.24. The van der Waals surface area contributed by atoms with E-state index >= 15 is 0 Å². The van der Waals surface area contributed by atoms with E-state index in [9.17, 15) is 9.59 Å². The number of likely N-dealkylation sites (tertiary alicyclic amines) is 1. The topological polar surface area (TPSA) is 85.1 Å². The van der Waals surface area contributed by atoms with Gasteiger partial charge in [-0.15, -0.1) is 0 Å². The lowest BCUT2D eigenvalue weighted by atomic mass is 9.95. The van der Waals surface area contributed by atoms with Crippen LogP contribution in [0.15, 0.2) is 47.7 Å². The second-order valence-corrected chi connectivity index (χ2v) is 8.13. The summed E-state index contributed by atoms with van der Waals surface area (Å²) in [6.45, 7) is 4.79. The molecule has 30 heavy (non-hydrogen) atoms. The van der Waals surface area contributed by atoms with Crippen molar-refractivity contribution in [2.24, 2.45) is 13.0 Å². The number of nitrogens with one attached hydrogen (secondary N) is 1. The number of carbonyl (C=O) groups excluding carboxylic acids is 1. The first-order valence-corrected chi connectivity index (χ1v) is 10.5. The minimum atomic E-state index is -0.257. The van der Waals surface area contributed by atoms with Crippen LogP contribution in [0.25, 0.3) is 11.0 Å². The Hall–Kier alpha value is -3.00. The van der Waals surface area contributed by atoms with Crippen molar-refractivity contribution in [2.75, 3.05) is 19.6 Å². The van der Waals surface area contributed by atoms with E-state index in [1.54, 1.807) is 11.7 Å². The third-order valence-corrected chi connectivity index (χ3v) is 5.97. The summed E-state index contributed by atoms with van der Waals surface area (Å²) < 4.78 is 2.88. The van der Waals surface area contributed by atoms with Crippen LogP contribution >= 0.6 is 0 Å². The summed E-state index contributed by atoms with van der Waals surface area (Å²) >= 11 is 0. The number of carbonyl (C=O) groups is 1. The molecule has 1 atom stereocenters. The van der Waals surface area contributed by atoms with E-state index in [1.165, 1.54) is 35.5 Å². The number of piperidine rings is 1. The number of fused-ring (bicyclic) bond motifs is 1. The molecule has 1 N–H and O–H groups in total. The van der Waals surface area contributed by atoms with Crippen LogP contribution in [-0.2, 0) is 18.4 Å². The molecule has 1 saturated heterocycles. The monoisotopic (exact) mass is 408 g/mol. The van der Waals surface area contributed by atoms with E-state index < -0.39 is 0 Å². The number of rotatable bonds is 6. The van der Waals surface area contributed by atoms with Gasteiger partial charge in [0, 0.05) is 13.6 Å². The fourth-order valence-electron chi connectivity index (χ4n) is 4.07. The van der Waals surface area contributed by atoms with Crippen LogP contribution in [0.1, 0.15) is 31.4 Å². The van der Waals surface area contributed by atoms with Gasteiger partial charge in [0.25, 0.3) is 5.56 Å². The van der Waals surface area contributed by atoms with Crippen LogP contribution in [-0.4, -0.2) is 49.8 Å². The second-order valence-electron chi connectivity index (χ2n) is 8.13. The molecule has 1 fully saturated rings. The van der Waals surface area contributed by atoms with Crippen molar-refractivity contribution < 1.29 is 4.79 Å². The molecule has 3 aromatic rings. The number of nitrogens with zero attached hydrogens (tertiary/aromatic N) is 5. The third-order valence-electron chi connectivity index (χ3n) is 5.97. The van der Waals surface area contributed by atoms with Crippen LogP contribution < -0.4 is 10.9 Å². The molecule has 158 valence electrons. The van der Waals surface area contributed by atoms with Gasteiger partial charge in [-0.1, -0.05) is 37.3 Å². The third kappa shape index (κ3) is 4.28. The zero-order valence-corrected chi connectivity index (χ0v) is 17.5. The van der Waals surface area contributed by atoms with E-state index in [-0.39, 0.29) is 24.1 Å². The first-order valence-electron chi connectivity index (χ1n) is 10.5. The Morgan fingerprint density at radius 3 is 2.70 bits per heavy atom. The van der Waals surface area contributed by atoms with Gasteiger partial charge in [0.2, 0.25) is 5.91 Å². The van der Waals surface area contributed by atoms with Crippen molar-refractivity contribution >= 4 is 16.9 Å². The quantitative estimate of drug-likeness (QED) is 0.671. The van der Waals surface area contributed by atoms with Gasteiger partial charge in [-0.25, -0.2) is 4.98 Å². The maximum absolute atomic E-state index is 12.6. The molecule has 8 nitrogen and oxygen atoms in total. The van der Waals surface area contributed by atoms with Crippen molar-refractivity contribution in [2.45, 2.75) is 32.4 Å². The SMILES string of the molecule is CC1CCN([C@H](CNC(=O)Cn2cnc3c(cnn3C)c2=O)c2ccccc2)CC1. The Kier molecular flexibility index (Phi) is 5.94. The van der Waals surface area contributed by atoms with Gasteiger partial charge in [0.1, 0.15) is 18.3 Å². The predicted octanol–water partition coefficient (Wildman–Crippen LogP) is 1.72. The van der Waals surface area contributed by atoms with E-state index in [2.05, 4.69) is 39.4 Å². The van der Waals surface area contributed by atoms with Crippen LogP contribution in [0.3, 0.4) is 0 Å². The highest BCUT2D eigenvalue weighted by atomic mass is 16.2. The highest BCUT2D eigenvalue weighted by Gasteiger charge is 2.25. The first kappa shape index (κ1) is 20.3. The van der Waals surface area contributed by atoms with Gasteiger partial charge in [0.05, 0.1) is 12.2 Å². The minimum absolute atomic E-state index is 0.0603.